The van der Waals surface area contributed by atoms with Gasteiger partial charge in [-0.1, -0.05) is 35.9 Å². The molecule has 1 aliphatic carbocycles. The van der Waals surface area contributed by atoms with Crippen molar-refractivity contribution in [2.45, 2.75) is 18.8 Å². The molecule has 2 fully saturated rings. The van der Waals surface area contributed by atoms with Crippen molar-refractivity contribution in [3.8, 4) is 0 Å². The van der Waals surface area contributed by atoms with E-state index in [4.69, 9.17) is 11.6 Å². The Kier molecular flexibility index (Phi) is 5.00. The molecular formula is C20H21ClN2O2S. The number of hydrogen-bond donors (Lipinski definition) is 0. The topological polar surface area (TPSA) is 40.6 Å². The summed E-state index contributed by atoms with van der Waals surface area (Å²) in [6.45, 7) is 2.46. The molecule has 1 saturated carbocycles. The second-order valence-electron chi connectivity index (χ2n) is 6.94. The Morgan fingerprint density at radius 1 is 1.04 bits per heavy atom. The summed E-state index contributed by atoms with van der Waals surface area (Å²) in [4.78, 5) is 30.3. The first kappa shape index (κ1) is 17.6. The van der Waals surface area contributed by atoms with E-state index in [2.05, 4.69) is 11.4 Å². The first-order valence-corrected chi connectivity index (χ1v) is 10.2. The minimum atomic E-state index is 0.0769. The second-order valence-corrected chi connectivity index (χ2v) is 8.32. The smallest absolute Gasteiger partial charge is 0.227 e. The molecule has 26 heavy (non-hydrogen) atoms. The summed E-state index contributed by atoms with van der Waals surface area (Å²) in [6, 6.07) is 11.6. The number of rotatable bonds is 4. The molecule has 1 saturated heterocycles. The average molecular weight is 389 g/mol. The van der Waals surface area contributed by atoms with Crippen molar-refractivity contribution in [2.75, 3.05) is 26.2 Å². The van der Waals surface area contributed by atoms with Crippen LogP contribution in [-0.2, 0) is 16.0 Å². The molecule has 0 radical (unpaired) electrons. The van der Waals surface area contributed by atoms with Crippen molar-refractivity contribution in [3.63, 3.8) is 0 Å². The lowest BCUT2D eigenvalue weighted by Gasteiger charge is -2.35. The third-order valence-electron chi connectivity index (χ3n) is 5.26. The van der Waals surface area contributed by atoms with Crippen LogP contribution in [0.5, 0.6) is 0 Å². The molecule has 1 aromatic heterocycles. The van der Waals surface area contributed by atoms with Crippen molar-refractivity contribution in [3.05, 3.63) is 57.2 Å². The highest BCUT2D eigenvalue weighted by Gasteiger charge is 2.46. The molecule has 136 valence electrons. The lowest BCUT2D eigenvalue weighted by Crippen LogP contribution is -2.51. The van der Waals surface area contributed by atoms with Crippen molar-refractivity contribution < 1.29 is 9.59 Å². The van der Waals surface area contributed by atoms with Crippen LogP contribution in [-0.4, -0.2) is 47.8 Å². The van der Waals surface area contributed by atoms with Crippen molar-refractivity contribution in [1.82, 2.24) is 9.80 Å². The van der Waals surface area contributed by atoms with E-state index in [0.29, 0.717) is 43.5 Å². The Labute approximate surface area is 162 Å². The lowest BCUT2D eigenvalue weighted by molar-refractivity contribution is -0.140. The fraction of sp³-hybridized carbons (Fsp3) is 0.400. The molecule has 1 aromatic carbocycles. The molecule has 0 unspecified atom stereocenters. The lowest BCUT2D eigenvalue weighted by atomic mass is 10.1. The maximum absolute atomic E-state index is 12.7. The quantitative estimate of drug-likeness (QED) is 0.805. The third-order valence-corrected chi connectivity index (χ3v) is 6.63. The molecule has 2 aromatic rings. The molecule has 2 atom stereocenters. The van der Waals surface area contributed by atoms with Gasteiger partial charge in [0.15, 0.2) is 0 Å². The van der Waals surface area contributed by atoms with Crippen LogP contribution in [0.25, 0.3) is 0 Å². The van der Waals surface area contributed by atoms with E-state index in [1.54, 1.807) is 17.4 Å². The standard InChI is InChI=1S/C20H21ClN2O2S/c21-17-5-2-1-4-14(17)12-19(24)22-7-9-23(10-8-22)20(25)16-13-15(16)18-6-3-11-26-18/h1-6,11,15-16H,7-10,12-13H2/t15-,16-/m1/s1. The summed E-state index contributed by atoms with van der Waals surface area (Å²) < 4.78 is 0. The summed E-state index contributed by atoms with van der Waals surface area (Å²) in [6.07, 6.45) is 1.28. The molecule has 0 spiro atoms. The van der Waals surface area contributed by atoms with E-state index in [1.807, 2.05) is 34.1 Å². The van der Waals surface area contributed by atoms with E-state index in [9.17, 15) is 9.59 Å². The van der Waals surface area contributed by atoms with Crippen LogP contribution >= 0.6 is 22.9 Å². The zero-order valence-electron chi connectivity index (χ0n) is 14.4. The van der Waals surface area contributed by atoms with Crippen LogP contribution in [0.3, 0.4) is 0 Å². The highest BCUT2D eigenvalue weighted by molar-refractivity contribution is 7.10. The van der Waals surface area contributed by atoms with Crippen molar-refractivity contribution in [2.24, 2.45) is 5.92 Å². The van der Waals surface area contributed by atoms with E-state index in [0.717, 1.165) is 12.0 Å². The number of thiophene rings is 1. The van der Waals surface area contributed by atoms with Gasteiger partial charge in [-0.05, 0) is 29.5 Å². The Morgan fingerprint density at radius 2 is 1.77 bits per heavy atom. The zero-order chi connectivity index (χ0) is 18.1. The van der Waals surface area contributed by atoms with Gasteiger partial charge in [0, 0.05) is 47.9 Å². The largest absolute Gasteiger partial charge is 0.339 e. The summed E-state index contributed by atoms with van der Waals surface area (Å²) >= 11 is 7.88. The zero-order valence-corrected chi connectivity index (χ0v) is 16.0. The second kappa shape index (κ2) is 7.41. The summed E-state index contributed by atoms with van der Waals surface area (Å²) in [5.74, 6) is 0.871. The third kappa shape index (κ3) is 3.64. The van der Waals surface area contributed by atoms with Crippen LogP contribution in [0.15, 0.2) is 41.8 Å². The van der Waals surface area contributed by atoms with Gasteiger partial charge in [-0.2, -0.15) is 0 Å². The number of carbonyl (C=O) groups excluding carboxylic acids is 2. The van der Waals surface area contributed by atoms with Gasteiger partial charge in [0.2, 0.25) is 11.8 Å². The van der Waals surface area contributed by atoms with Gasteiger partial charge in [-0.3, -0.25) is 9.59 Å². The maximum Gasteiger partial charge on any atom is 0.227 e. The molecular weight excluding hydrogens is 368 g/mol. The van der Waals surface area contributed by atoms with Gasteiger partial charge in [-0.25, -0.2) is 0 Å². The molecule has 2 heterocycles. The van der Waals surface area contributed by atoms with Gasteiger partial charge in [0.05, 0.1) is 6.42 Å². The predicted molar refractivity (Wildman–Crippen MR) is 103 cm³/mol. The fourth-order valence-corrected chi connectivity index (χ4v) is 4.72. The molecule has 0 bridgehead atoms. The molecule has 1 aliphatic heterocycles. The summed E-state index contributed by atoms with van der Waals surface area (Å²) in [7, 11) is 0. The number of benzene rings is 1. The van der Waals surface area contributed by atoms with Crippen LogP contribution in [0, 0.1) is 5.92 Å². The van der Waals surface area contributed by atoms with Crippen LogP contribution < -0.4 is 0 Å². The fourth-order valence-electron chi connectivity index (χ4n) is 3.61. The number of piperazine rings is 1. The SMILES string of the molecule is O=C(Cc1ccccc1Cl)N1CCN(C(=O)[C@@H]2C[C@H]2c2cccs2)CC1. The molecule has 4 rings (SSSR count). The van der Waals surface area contributed by atoms with Gasteiger partial charge < -0.3 is 9.80 Å². The van der Waals surface area contributed by atoms with Crippen LogP contribution in [0.1, 0.15) is 22.8 Å². The Hall–Kier alpha value is -1.85. The molecule has 2 amide bonds. The number of halogens is 1. The normalized spacial score (nSPS) is 22.3. The summed E-state index contributed by atoms with van der Waals surface area (Å²) in [5, 5.41) is 2.70. The van der Waals surface area contributed by atoms with E-state index in [1.165, 1.54) is 4.88 Å². The number of amides is 2. The molecule has 2 aliphatic rings. The minimum Gasteiger partial charge on any atom is -0.339 e. The van der Waals surface area contributed by atoms with E-state index in [-0.39, 0.29) is 17.7 Å². The number of carbonyl (C=O) groups is 2. The summed E-state index contributed by atoms with van der Waals surface area (Å²) in [5.41, 5.74) is 0.856. The number of hydrogen-bond acceptors (Lipinski definition) is 3. The van der Waals surface area contributed by atoms with E-state index >= 15 is 0 Å². The van der Waals surface area contributed by atoms with Gasteiger partial charge >= 0.3 is 0 Å². The average Bonchev–Trinajstić information content (AvgIpc) is 3.27. The highest BCUT2D eigenvalue weighted by Crippen LogP contribution is 2.50. The van der Waals surface area contributed by atoms with Crippen molar-refractivity contribution >= 4 is 34.8 Å². The Bertz CT molecular complexity index is 800. The van der Waals surface area contributed by atoms with Crippen LogP contribution in [0.2, 0.25) is 5.02 Å². The van der Waals surface area contributed by atoms with Crippen molar-refractivity contribution in [1.29, 1.82) is 0 Å². The first-order chi connectivity index (χ1) is 12.6. The predicted octanol–water partition coefficient (Wildman–Crippen LogP) is 3.42. The Balaban J connectivity index is 1.28. The van der Waals surface area contributed by atoms with Gasteiger partial charge in [-0.15, -0.1) is 11.3 Å². The van der Waals surface area contributed by atoms with Crippen LogP contribution in [0.4, 0.5) is 0 Å². The van der Waals surface area contributed by atoms with Gasteiger partial charge in [0.25, 0.3) is 0 Å². The minimum absolute atomic E-state index is 0.0769. The number of nitrogens with zero attached hydrogens (tertiary/aromatic N) is 2. The van der Waals surface area contributed by atoms with Gasteiger partial charge in [0.1, 0.15) is 0 Å². The molecule has 0 N–H and O–H groups in total. The maximum atomic E-state index is 12.7. The monoisotopic (exact) mass is 388 g/mol. The Morgan fingerprint density at radius 3 is 2.46 bits per heavy atom. The first-order valence-electron chi connectivity index (χ1n) is 8.97. The molecule has 6 heteroatoms. The highest BCUT2D eigenvalue weighted by atomic mass is 35.5. The molecule has 4 nitrogen and oxygen atoms in total. The van der Waals surface area contributed by atoms with E-state index < -0.39 is 0 Å².